The third-order valence-electron chi connectivity index (χ3n) is 7.40. The summed E-state index contributed by atoms with van der Waals surface area (Å²) in [6.07, 6.45) is 1.09. The lowest BCUT2D eigenvalue weighted by Crippen LogP contribution is -2.27. The predicted octanol–water partition coefficient (Wildman–Crippen LogP) is 6.82. The number of Topliss-reactive ketones (excluding diaryl/α,β-unsaturated/α-hetero) is 1. The van der Waals surface area contributed by atoms with Crippen LogP contribution in [-0.4, -0.2) is 27.1 Å². The maximum absolute atomic E-state index is 13.9. The van der Waals surface area contributed by atoms with Gasteiger partial charge in [-0.05, 0) is 59.2 Å². The maximum Gasteiger partial charge on any atom is 0.203 e. The molecule has 0 fully saturated rings. The smallest absolute Gasteiger partial charge is 0.203 e. The van der Waals surface area contributed by atoms with Gasteiger partial charge in [-0.3, -0.25) is 4.79 Å². The highest BCUT2D eigenvalue weighted by molar-refractivity contribution is 6.01. The number of hydrogen-bond donors (Lipinski definition) is 2. The molecule has 1 aliphatic heterocycles. The van der Waals surface area contributed by atoms with Crippen LogP contribution in [0.5, 0.6) is 17.2 Å². The number of rotatable bonds is 6. The van der Waals surface area contributed by atoms with Crippen LogP contribution in [0.4, 0.5) is 11.4 Å². The second kappa shape index (κ2) is 10.2. The molecule has 2 aliphatic rings. The molecule has 0 amide bonds. The molecule has 0 radical (unpaired) electrons. The fraction of sp³-hybridized carbons (Fsp3) is 0.323. The first-order valence-electron chi connectivity index (χ1n) is 12.7. The molecule has 2 N–H and O–H groups in total. The van der Waals surface area contributed by atoms with Crippen LogP contribution in [-0.2, 0) is 4.79 Å². The normalized spacial score (nSPS) is 18.8. The fourth-order valence-electron chi connectivity index (χ4n) is 5.39. The van der Waals surface area contributed by atoms with Crippen molar-refractivity contribution in [2.75, 3.05) is 32.0 Å². The Morgan fingerprint density at radius 2 is 1.46 bits per heavy atom. The van der Waals surface area contributed by atoms with E-state index in [1.807, 2.05) is 30.3 Å². The van der Waals surface area contributed by atoms with Crippen LogP contribution in [0.15, 0.2) is 71.9 Å². The molecule has 0 aromatic heterocycles. The Morgan fingerprint density at radius 3 is 2.05 bits per heavy atom. The third-order valence-corrected chi connectivity index (χ3v) is 7.40. The average molecular weight is 499 g/mol. The van der Waals surface area contributed by atoms with E-state index >= 15 is 0 Å². The Bertz CT molecular complexity index is 1320. The van der Waals surface area contributed by atoms with E-state index in [1.165, 1.54) is 5.56 Å². The summed E-state index contributed by atoms with van der Waals surface area (Å²) in [5, 5.41) is 7.27. The monoisotopic (exact) mass is 498 g/mol. The van der Waals surface area contributed by atoms with Gasteiger partial charge in [0, 0.05) is 17.7 Å². The van der Waals surface area contributed by atoms with Gasteiger partial charge in [-0.15, -0.1) is 0 Å². The van der Waals surface area contributed by atoms with E-state index in [1.54, 1.807) is 21.3 Å². The lowest BCUT2D eigenvalue weighted by molar-refractivity contribution is -0.116. The molecule has 6 nitrogen and oxygen atoms in total. The Balaban J connectivity index is 1.58. The van der Waals surface area contributed by atoms with E-state index < -0.39 is 0 Å². The molecular weight excluding hydrogens is 464 g/mol. The maximum atomic E-state index is 13.9. The minimum Gasteiger partial charge on any atom is -0.493 e. The van der Waals surface area contributed by atoms with E-state index in [4.69, 9.17) is 14.2 Å². The first-order chi connectivity index (χ1) is 17.9. The summed E-state index contributed by atoms with van der Waals surface area (Å²) in [4.78, 5) is 13.9. The van der Waals surface area contributed by atoms with Gasteiger partial charge in [0.05, 0.1) is 38.7 Å². The lowest BCUT2D eigenvalue weighted by Gasteiger charge is -2.30. The van der Waals surface area contributed by atoms with Gasteiger partial charge in [-0.1, -0.05) is 50.2 Å². The van der Waals surface area contributed by atoms with Crippen LogP contribution in [0.3, 0.4) is 0 Å². The summed E-state index contributed by atoms with van der Waals surface area (Å²) in [6.45, 7) is 4.38. The van der Waals surface area contributed by atoms with Crippen LogP contribution in [0.1, 0.15) is 61.3 Å². The summed E-state index contributed by atoms with van der Waals surface area (Å²) in [5.41, 5.74) is 7.04. The molecular formula is C31H34N2O4. The Hall–Kier alpha value is -3.93. The highest BCUT2D eigenvalue weighted by atomic mass is 16.5. The average Bonchev–Trinajstić information content (AvgIpc) is 3.09. The summed E-state index contributed by atoms with van der Waals surface area (Å²) in [6, 6.07) is 20.4. The van der Waals surface area contributed by atoms with Crippen LogP contribution in [0.2, 0.25) is 0 Å². The van der Waals surface area contributed by atoms with Gasteiger partial charge in [0.25, 0.3) is 0 Å². The van der Waals surface area contributed by atoms with Gasteiger partial charge in [0.15, 0.2) is 17.3 Å². The molecule has 2 unspecified atom stereocenters. The van der Waals surface area contributed by atoms with Crippen molar-refractivity contribution in [3.05, 3.63) is 88.6 Å². The van der Waals surface area contributed by atoms with Gasteiger partial charge in [0.1, 0.15) is 0 Å². The zero-order valence-corrected chi connectivity index (χ0v) is 22.1. The van der Waals surface area contributed by atoms with Crippen LogP contribution >= 0.6 is 0 Å². The summed E-state index contributed by atoms with van der Waals surface area (Å²) in [7, 11) is 4.81. The fourth-order valence-corrected chi connectivity index (χ4v) is 5.39. The first kappa shape index (κ1) is 24.8. The summed E-state index contributed by atoms with van der Waals surface area (Å²) in [5.74, 6) is 2.28. The zero-order chi connectivity index (χ0) is 26.1. The van der Waals surface area contributed by atoms with E-state index in [2.05, 4.69) is 54.8 Å². The van der Waals surface area contributed by atoms with Crippen molar-refractivity contribution in [2.24, 2.45) is 0 Å². The van der Waals surface area contributed by atoms with E-state index in [9.17, 15) is 4.79 Å². The molecule has 2 atom stereocenters. The quantitative estimate of drug-likeness (QED) is 0.389. The Labute approximate surface area is 218 Å². The number of hydrogen-bond acceptors (Lipinski definition) is 6. The standard InChI is InChI=1S/C31H34N2O4/c1-18(2)19-10-12-20(13-11-19)30-29-25(32-23-8-6-7-9-24(23)33-30)14-21(15-26(29)34)22-16-27(35-3)31(37-5)28(17-22)36-4/h6-13,16-18,21,30,32-33H,14-15H2,1-5H3. The second-order valence-electron chi connectivity index (χ2n) is 9.95. The molecule has 0 saturated heterocycles. The number of anilines is 2. The number of methoxy groups -OCH3 is 3. The minimum atomic E-state index is -0.235. The number of para-hydroxylation sites is 2. The van der Waals surface area contributed by atoms with Crippen LogP contribution in [0.25, 0.3) is 0 Å². The number of carbonyl (C=O) groups excluding carboxylic acids is 1. The predicted molar refractivity (Wildman–Crippen MR) is 147 cm³/mol. The molecule has 1 aliphatic carbocycles. The highest BCUT2D eigenvalue weighted by Gasteiger charge is 2.36. The van der Waals surface area contributed by atoms with Gasteiger partial charge in [-0.2, -0.15) is 0 Å². The second-order valence-corrected chi connectivity index (χ2v) is 9.95. The van der Waals surface area contributed by atoms with Crippen molar-refractivity contribution in [3.8, 4) is 17.2 Å². The number of allylic oxidation sites excluding steroid dienone is 1. The zero-order valence-electron chi connectivity index (χ0n) is 22.1. The molecule has 6 heteroatoms. The number of nitrogens with one attached hydrogen (secondary N) is 2. The number of fused-ring (bicyclic) bond motifs is 1. The van der Waals surface area contributed by atoms with Crippen molar-refractivity contribution in [2.45, 2.75) is 44.6 Å². The number of ketones is 1. The van der Waals surface area contributed by atoms with Crippen molar-refractivity contribution < 1.29 is 19.0 Å². The van der Waals surface area contributed by atoms with E-state index in [-0.39, 0.29) is 17.7 Å². The number of benzene rings is 3. The third kappa shape index (κ3) is 4.64. The summed E-state index contributed by atoms with van der Waals surface area (Å²) < 4.78 is 16.7. The highest BCUT2D eigenvalue weighted by Crippen LogP contribution is 2.47. The summed E-state index contributed by atoms with van der Waals surface area (Å²) >= 11 is 0. The molecule has 0 spiro atoms. The van der Waals surface area contributed by atoms with Crippen molar-refractivity contribution >= 4 is 17.2 Å². The molecule has 0 bridgehead atoms. The van der Waals surface area contributed by atoms with Crippen molar-refractivity contribution in [3.63, 3.8) is 0 Å². The lowest BCUT2D eigenvalue weighted by atomic mass is 9.78. The topological polar surface area (TPSA) is 68.8 Å². The van der Waals surface area contributed by atoms with Gasteiger partial charge in [-0.25, -0.2) is 0 Å². The first-order valence-corrected chi connectivity index (χ1v) is 12.7. The molecule has 0 saturated carbocycles. The Kier molecular flexibility index (Phi) is 6.83. The Morgan fingerprint density at radius 1 is 0.811 bits per heavy atom. The molecule has 3 aromatic rings. The van der Waals surface area contributed by atoms with Gasteiger partial charge < -0.3 is 24.8 Å². The van der Waals surface area contributed by atoms with E-state index in [0.717, 1.165) is 33.8 Å². The van der Waals surface area contributed by atoms with Crippen molar-refractivity contribution in [1.82, 2.24) is 0 Å². The molecule has 37 heavy (non-hydrogen) atoms. The van der Waals surface area contributed by atoms with Gasteiger partial charge in [0.2, 0.25) is 5.75 Å². The SMILES string of the molecule is COc1cc(C2CC(=O)C3=C(C2)Nc2ccccc2NC3c2ccc(C(C)C)cc2)cc(OC)c1OC. The minimum absolute atomic E-state index is 0.0262. The van der Waals surface area contributed by atoms with Gasteiger partial charge >= 0.3 is 0 Å². The largest absolute Gasteiger partial charge is 0.493 e. The molecule has 1 heterocycles. The van der Waals surface area contributed by atoms with Crippen LogP contribution < -0.4 is 24.8 Å². The molecule has 3 aromatic carbocycles. The molecule has 5 rings (SSSR count). The van der Waals surface area contributed by atoms with Crippen LogP contribution in [0, 0.1) is 0 Å². The number of ether oxygens (including phenoxy) is 3. The van der Waals surface area contributed by atoms with Crippen molar-refractivity contribution in [1.29, 1.82) is 0 Å². The van der Waals surface area contributed by atoms with E-state index in [0.29, 0.717) is 36.0 Å². The molecule has 192 valence electrons. The number of carbonyl (C=O) groups is 1.